The Bertz CT molecular complexity index is 1150. The van der Waals surface area contributed by atoms with Gasteiger partial charge in [-0.1, -0.05) is 92.7 Å². The van der Waals surface area contributed by atoms with Gasteiger partial charge in [0.2, 0.25) is 5.91 Å². The summed E-state index contributed by atoms with van der Waals surface area (Å²) in [6, 6.07) is 13.5. The number of amides is 1. The van der Waals surface area contributed by atoms with Gasteiger partial charge in [0.1, 0.15) is 5.75 Å². The van der Waals surface area contributed by atoms with Gasteiger partial charge in [-0.2, -0.15) is 0 Å². The van der Waals surface area contributed by atoms with Gasteiger partial charge < -0.3 is 16.2 Å². The number of unbranched alkanes of at least 4 members (excludes halogenated alkanes) is 1. The lowest BCUT2D eigenvalue weighted by atomic mass is 10.1. The fourth-order valence-electron chi connectivity index (χ4n) is 3.36. The highest BCUT2D eigenvalue weighted by molar-refractivity contribution is 8.11. The Morgan fingerprint density at radius 2 is 1.75 bits per heavy atom. The fraction of sp³-hybridized carbons (Fsp3) is 0.367. The molecule has 0 radical (unpaired) electrons. The second-order valence-corrected chi connectivity index (χ2v) is 11.0. The average Bonchev–Trinajstić information content (AvgIpc) is 2.86. The molecule has 2 aromatic carbocycles. The molecule has 0 aromatic heterocycles. The molecule has 0 bridgehead atoms. The summed E-state index contributed by atoms with van der Waals surface area (Å²) in [5.74, 6) is 0.176. The molecule has 6 heteroatoms. The van der Waals surface area contributed by atoms with Crippen LogP contribution >= 0.6 is 23.5 Å². The van der Waals surface area contributed by atoms with Crippen LogP contribution in [-0.2, 0) is 11.2 Å². The number of allylic oxidation sites excluding steroid dienone is 3. The van der Waals surface area contributed by atoms with Crippen LogP contribution in [0.1, 0.15) is 77.0 Å². The molecule has 0 atom stereocenters. The number of aryl methyl sites for hydroxylation is 1. The van der Waals surface area contributed by atoms with E-state index in [1.165, 1.54) is 11.8 Å². The number of carbonyl (C=O) groups is 1. The number of phenols is 1. The van der Waals surface area contributed by atoms with E-state index >= 15 is 0 Å². The van der Waals surface area contributed by atoms with Gasteiger partial charge in [0, 0.05) is 15.4 Å². The molecule has 0 heterocycles. The number of nitrogens with two attached hydrogens (primary N) is 1. The van der Waals surface area contributed by atoms with Gasteiger partial charge in [0.25, 0.3) is 0 Å². The van der Waals surface area contributed by atoms with Crippen molar-refractivity contribution >= 4 is 34.3 Å². The molecule has 0 fully saturated rings. The first kappa shape index (κ1) is 29.7. The number of para-hydroxylation sites is 1. The summed E-state index contributed by atoms with van der Waals surface area (Å²) < 4.78 is 0. The van der Waals surface area contributed by atoms with E-state index in [9.17, 15) is 9.90 Å². The van der Waals surface area contributed by atoms with E-state index in [4.69, 9.17) is 5.73 Å². The Balaban J connectivity index is 2.25. The van der Waals surface area contributed by atoms with Crippen molar-refractivity contribution in [1.82, 2.24) is 5.32 Å². The molecule has 0 aliphatic rings. The zero-order chi connectivity index (χ0) is 26.7. The highest BCUT2D eigenvalue weighted by atomic mass is 32.2. The molecule has 2 aromatic rings. The molecule has 0 aliphatic heterocycles. The number of benzene rings is 2. The van der Waals surface area contributed by atoms with Gasteiger partial charge in [0.05, 0.1) is 16.5 Å². The summed E-state index contributed by atoms with van der Waals surface area (Å²) >= 11 is 3.07. The predicted molar refractivity (Wildman–Crippen MR) is 158 cm³/mol. The van der Waals surface area contributed by atoms with Crippen molar-refractivity contribution in [2.45, 2.75) is 78.5 Å². The average molecular weight is 525 g/mol. The molecule has 0 spiro atoms. The number of hydrogen-bond acceptors (Lipinski definition) is 5. The third-order valence-corrected chi connectivity index (χ3v) is 8.41. The third-order valence-electron chi connectivity index (χ3n) is 5.92. The van der Waals surface area contributed by atoms with Crippen LogP contribution in [0.5, 0.6) is 5.75 Å². The van der Waals surface area contributed by atoms with Crippen molar-refractivity contribution in [2.24, 2.45) is 5.73 Å². The molecule has 2 rings (SSSR count). The number of hydrogen-bond donors (Lipinski definition) is 3. The van der Waals surface area contributed by atoms with Crippen LogP contribution in [0.25, 0.3) is 4.91 Å². The van der Waals surface area contributed by atoms with Crippen molar-refractivity contribution in [3.8, 4) is 5.75 Å². The quantitative estimate of drug-likeness (QED) is 0.244. The molecular weight excluding hydrogens is 484 g/mol. The zero-order valence-electron chi connectivity index (χ0n) is 22.4. The smallest absolute Gasteiger partial charge is 0.229 e. The number of aromatic hydroxyl groups is 1. The molecular formula is C30H40N2O2S2. The lowest BCUT2D eigenvalue weighted by Crippen LogP contribution is -2.24. The summed E-state index contributed by atoms with van der Waals surface area (Å²) in [7, 11) is 0. The number of thioether (sulfide) groups is 2. The number of rotatable bonds is 12. The Morgan fingerprint density at radius 3 is 2.39 bits per heavy atom. The maximum atomic E-state index is 13.2. The summed E-state index contributed by atoms with van der Waals surface area (Å²) in [6.07, 6.45) is 6.01. The summed E-state index contributed by atoms with van der Waals surface area (Å²) in [5.41, 5.74) is 11.3. The van der Waals surface area contributed by atoms with Crippen LogP contribution in [0.2, 0.25) is 0 Å². The Hall–Kier alpha value is -2.57. The predicted octanol–water partition coefficient (Wildman–Crippen LogP) is 8.27. The molecule has 1 amide bonds. The molecule has 36 heavy (non-hydrogen) atoms. The summed E-state index contributed by atoms with van der Waals surface area (Å²) in [6.45, 7) is 12.5. The van der Waals surface area contributed by atoms with Gasteiger partial charge in [-0.3, -0.25) is 4.79 Å². The first-order valence-electron chi connectivity index (χ1n) is 12.6. The number of phenolic OH excluding ortho intramolecular Hbond substituents is 1. The van der Waals surface area contributed by atoms with Gasteiger partial charge in [0.15, 0.2) is 0 Å². The highest BCUT2D eigenvalue weighted by Crippen LogP contribution is 2.41. The number of carbonyl (C=O) groups excluding carboxylic acids is 1. The summed E-state index contributed by atoms with van der Waals surface area (Å²) in [5, 5.41) is 15.3. The Kier molecular flexibility index (Phi) is 12.2. The van der Waals surface area contributed by atoms with Crippen molar-refractivity contribution in [3.63, 3.8) is 0 Å². The van der Waals surface area contributed by atoms with Crippen LogP contribution in [0.4, 0.5) is 0 Å². The van der Waals surface area contributed by atoms with Crippen molar-refractivity contribution in [2.75, 3.05) is 0 Å². The van der Waals surface area contributed by atoms with Gasteiger partial charge >= 0.3 is 0 Å². The first-order valence-corrected chi connectivity index (χ1v) is 14.2. The van der Waals surface area contributed by atoms with E-state index in [-0.39, 0.29) is 18.1 Å². The molecule has 194 valence electrons. The van der Waals surface area contributed by atoms with Crippen LogP contribution in [0, 0.1) is 6.92 Å². The third kappa shape index (κ3) is 8.82. The lowest BCUT2D eigenvalue weighted by Gasteiger charge is -2.18. The van der Waals surface area contributed by atoms with E-state index in [0.29, 0.717) is 0 Å². The second-order valence-electron chi connectivity index (χ2n) is 8.87. The monoisotopic (exact) mass is 524 g/mol. The standard InChI is InChI=1S/C30H40N2O2S2/c1-7-10-15-27(31)35-26-18-23(17-16-22(26)6)19-28(34)32-30(21(5)9-3)36-29(20(4)8-2)24-13-11-12-14-25(24)33/h11-18,33H,7-10,19,31H2,1-6H3,(H,32,34)/b27-15+,29-20-,30-21+. The van der Waals surface area contributed by atoms with Crippen molar-refractivity contribution in [1.29, 1.82) is 0 Å². The second kappa shape index (κ2) is 14.9. The molecule has 0 unspecified atom stereocenters. The summed E-state index contributed by atoms with van der Waals surface area (Å²) in [4.78, 5) is 15.2. The Morgan fingerprint density at radius 1 is 1.06 bits per heavy atom. The van der Waals surface area contributed by atoms with Gasteiger partial charge in [-0.15, -0.1) is 0 Å². The largest absolute Gasteiger partial charge is 0.507 e. The number of nitrogens with one attached hydrogen (secondary N) is 1. The lowest BCUT2D eigenvalue weighted by molar-refractivity contribution is -0.119. The molecule has 4 N–H and O–H groups in total. The molecule has 0 aliphatic carbocycles. The van der Waals surface area contributed by atoms with Gasteiger partial charge in [-0.05, 0) is 68.9 Å². The molecule has 4 nitrogen and oxygen atoms in total. The first-order chi connectivity index (χ1) is 17.2. The van der Waals surface area contributed by atoms with Crippen LogP contribution < -0.4 is 11.1 Å². The van der Waals surface area contributed by atoms with E-state index in [1.54, 1.807) is 17.8 Å². The highest BCUT2D eigenvalue weighted by Gasteiger charge is 2.17. The van der Waals surface area contributed by atoms with Crippen LogP contribution in [0.3, 0.4) is 0 Å². The Labute approximate surface area is 225 Å². The van der Waals surface area contributed by atoms with E-state index < -0.39 is 0 Å². The SMILES string of the molecule is CCC/C=C(\N)Sc1cc(CC(=O)N/C(S/C(=C(/C)CC)c2ccccc2O)=C(/C)CC)ccc1C. The fourth-order valence-corrected chi connectivity index (χ4v) is 5.54. The van der Waals surface area contributed by atoms with E-state index in [1.807, 2.05) is 37.3 Å². The topological polar surface area (TPSA) is 75.4 Å². The maximum absolute atomic E-state index is 13.2. The van der Waals surface area contributed by atoms with E-state index in [0.717, 1.165) is 73.4 Å². The van der Waals surface area contributed by atoms with Gasteiger partial charge in [-0.25, -0.2) is 0 Å². The molecule has 0 saturated heterocycles. The van der Waals surface area contributed by atoms with E-state index in [2.05, 4.69) is 52.1 Å². The normalized spacial score (nSPS) is 13.2. The minimum atomic E-state index is -0.0645. The van der Waals surface area contributed by atoms with Crippen LogP contribution in [0.15, 0.2) is 74.6 Å². The minimum absolute atomic E-state index is 0.0645. The zero-order valence-corrected chi connectivity index (χ0v) is 24.0. The van der Waals surface area contributed by atoms with Crippen molar-refractivity contribution < 1.29 is 9.90 Å². The molecule has 0 saturated carbocycles. The van der Waals surface area contributed by atoms with Crippen molar-refractivity contribution in [3.05, 3.63) is 86.4 Å². The minimum Gasteiger partial charge on any atom is -0.507 e. The van der Waals surface area contributed by atoms with Crippen LogP contribution in [-0.4, -0.2) is 11.0 Å². The maximum Gasteiger partial charge on any atom is 0.229 e.